The van der Waals surface area contributed by atoms with Gasteiger partial charge < -0.3 is 5.32 Å². The number of pyridine rings is 1. The zero-order chi connectivity index (χ0) is 21.1. The minimum Gasteiger partial charge on any atom is -0.352 e. The number of aromatic nitrogens is 2. The number of amides is 1. The lowest BCUT2D eigenvalue weighted by Gasteiger charge is -2.21. The lowest BCUT2D eigenvalue weighted by Crippen LogP contribution is -2.31. The molecule has 1 saturated carbocycles. The highest BCUT2D eigenvalue weighted by molar-refractivity contribution is 7.94. The Kier molecular flexibility index (Phi) is 5.87. The van der Waals surface area contributed by atoms with E-state index in [9.17, 15) is 18.0 Å². The molecule has 30 heavy (non-hydrogen) atoms. The van der Waals surface area contributed by atoms with Crippen LogP contribution in [0.2, 0.25) is 0 Å². The van der Waals surface area contributed by atoms with E-state index in [0.717, 1.165) is 24.2 Å². The molecule has 4 rings (SSSR count). The maximum Gasteiger partial charge on any atom is 0.282 e. The first-order valence-electron chi connectivity index (χ1n) is 9.80. The molecule has 0 aromatic carbocycles. The number of anilines is 1. The largest absolute Gasteiger partial charge is 0.352 e. The number of rotatable bonds is 6. The van der Waals surface area contributed by atoms with E-state index in [0.29, 0.717) is 23.7 Å². The number of hydrogen-bond donors (Lipinski definition) is 2. The van der Waals surface area contributed by atoms with Crippen LogP contribution in [0.15, 0.2) is 51.0 Å². The average molecular weight is 447 g/mol. The Balaban J connectivity index is 1.56. The summed E-state index contributed by atoms with van der Waals surface area (Å²) in [5.74, 6) is 0.227. The van der Waals surface area contributed by atoms with E-state index in [1.807, 2.05) is 0 Å². The summed E-state index contributed by atoms with van der Waals surface area (Å²) in [6, 6.07) is 6.23. The zero-order valence-corrected chi connectivity index (χ0v) is 17.8. The van der Waals surface area contributed by atoms with Gasteiger partial charge in [0.1, 0.15) is 15.5 Å². The fourth-order valence-electron chi connectivity index (χ4n) is 3.62. The van der Waals surface area contributed by atoms with Gasteiger partial charge in [0.25, 0.3) is 21.5 Å². The van der Waals surface area contributed by atoms with Gasteiger partial charge in [0.15, 0.2) is 0 Å². The Morgan fingerprint density at radius 2 is 2.00 bits per heavy atom. The normalized spacial score (nSPS) is 15.2. The van der Waals surface area contributed by atoms with Gasteiger partial charge in [-0.05, 0) is 42.3 Å². The molecule has 0 unspecified atom stereocenters. The number of hydrogen-bond acceptors (Lipinski definition) is 6. The average Bonchev–Trinajstić information content (AvgIpc) is 3.31. The Bertz CT molecular complexity index is 1210. The standard InChI is InChI=1S/C20H22N4O4S2/c25-19(22-11-14-5-2-1-3-6-14)15-8-9-17-21-12-16(20(26)24(17)13-15)23-30(27,28)18-7-4-10-29-18/h4,7-10,12-14,23H,1-3,5-6,11H2,(H,22,25). The van der Waals surface area contributed by atoms with Gasteiger partial charge in [-0.2, -0.15) is 0 Å². The summed E-state index contributed by atoms with van der Waals surface area (Å²) in [7, 11) is -3.87. The molecule has 0 bridgehead atoms. The molecule has 10 heteroatoms. The Hall–Kier alpha value is -2.72. The molecular formula is C20H22N4O4S2. The van der Waals surface area contributed by atoms with E-state index in [1.165, 1.54) is 42.1 Å². The summed E-state index contributed by atoms with van der Waals surface area (Å²) >= 11 is 1.05. The minimum atomic E-state index is -3.87. The highest BCUT2D eigenvalue weighted by Gasteiger charge is 2.19. The second-order valence-electron chi connectivity index (χ2n) is 7.37. The van der Waals surface area contributed by atoms with E-state index in [4.69, 9.17) is 0 Å². The van der Waals surface area contributed by atoms with Gasteiger partial charge >= 0.3 is 0 Å². The molecule has 1 amide bonds. The van der Waals surface area contributed by atoms with Gasteiger partial charge in [0.05, 0.1) is 11.8 Å². The Morgan fingerprint density at radius 1 is 1.20 bits per heavy atom. The lowest BCUT2D eigenvalue weighted by atomic mass is 9.89. The molecule has 3 aromatic heterocycles. The van der Waals surface area contributed by atoms with Crippen LogP contribution in [-0.4, -0.2) is 30.3 Å². The first kappa shape index (κ1) is 20.5. The molecule has 158 valence electrons. The fraction of sp³-hybridized carbons (Fsp3) is 0.350. The summed E-state index contributed by atoms with van der Waals surface area (Å²) < 4.78 is 28.4. The quantitative estimate of drug-likeness (QED) is 0.605. The fourth-order valence-corrected chi connectivity index (χ4v) is 5.66. The van der Waals surface area contributed by atoms with E-state index < -0.39 is 15.6 Å². The smallest absolute Gasteiger partial charge is 0.282 e. The minimum absolute atomic E-state index is 0.0999. The Labute approximate surface area is 178 Å². The number of thiophene rings is 1. The first-order chi connectivity index (χ1) is 14.4. The van der Waals surface area contributed by atoms with E-state index in [-0.39, 0.29) is 15.8 Å². The third-order valence-corrected chi connectivity index (χ3v) is 8.01. The van der Waals surface area contributed by atoms with Crippen molar-refractivity contribution < 1.29 is 13.2 Å². The summed E-state index contributed by atoms with van der Waals surface area (Å²) in [6.07, 6.45) is 8.47. The zero-order valence-electron chi connectivity index (χ0n) is 16.2. The second-order valence-corrected chi connectivity index (χ2v) is 10.2. The second kappa shape index (κ2) is 8.57. The van der Waals surface area contributed by atoms with Crippen LogP contribution in [0.3, 0.4) is 0 Å². The molecule has 1 aliphatic carbocycles. The predicted octanol–water partition coefficient (Wildman–Crippen LogP) is 2.87. The molecule has 0 saturated heterocycles. The van der Waals surface area contributed by atoms with Crippen molar-refractivity contribution in [2.75, 3.05) is 11.3 Å². The molecule has 1 aliphatic rings. The van der Waals surface area contributed by atoms with Crippen molar-refractivity contribution in [3.63, 3.8) is 0 Å². The molecule has 0 spiro atoms. The maximum atomic E-state index is 12.8. The van der Waals surface area contributed by atoms with E-state index in [1.54, 1.807) is 23.6 Å². The van der Waals surface area contributed by atoms with Crippen LogP contribution in [0.1, 0.15) is 42.5 Å². The van der Waals surface area contributed by atoms with Crippen LogP contribution in [0.4, 0.5) is 5.69 Å². The van der Waals surface area contributed by atoms with E-state index >= 15 is 0 Å². The van der Waals surface area contributed by atoms with Gasteiger partial charge in [-0.15, -0.1) is 11.3 Å². The van der Waals surface area contributed by atoms with Crippen molar-refractivity contribution in [3.8, 4) is 0 Å². The Morgan fingerprint density at radius 3 is 2.73 bits per heavy atom. The van der Waals surface area contributed by atoms with Gasteiger partial charge in [-0.1, -0.05) is 25.3 Å². The van der Waals surface area contributed by atoms with Crippen molar-refractivity contribution >= 4 is 38.6 Å². The number of carbonyl (C=O) groups is 1. The van der Waals surface area contributed by atoms with Crippen molar-refractivity contribution in [2.24, 2.45) is 5.92 Å². The van der Waals surface area contributed by atoms with Crippen LogP contribution in [0.25, 0.3) is 5.65 Å². The highest BCUT2D eigenvalue weighted by atomic mass is 32.2. The van der Waals surface area contributed by atoms with Gasteiger partial charge in [-0.25, -0.2) is 13.4 Å². The topological polar surface area (TPSA) is 110 Å². The molecule has 3 heterocycles. The van der Waals surface area contributed by atoms with Crippen molar-refractivity contribution in [2.45, 2.75) is 36.3 Å². The van der Waals surface area contributed by atoms with Crippen molar-refractivity contribution in [1.29, 1.82) is 0 Å². The summed E-state index contributed by atoms with van der Waals surface area (Å²) in [6.45, 7) is 0.616. The third-order valence-electron chi connectivity index (χ3n) is 5.24. The first-order valence-corrected chi connectivity index (χ1v) is 12.2. The number of nitrogens with one attached hydrogen (secondary N) is 2. The summed E-state index contributed by atoms with van der Waals surface area (Å²) in [5.41, 5.74) is -0.133. The number of sulfonamides is 1. The summed E-state index contributed by atoms with van der Waals surface area (Å²) in [4.78, 5) is 29.5. The molecule has 2 N–H and O–H groups in total. The number of fused-ring (bicyclic) bond motifs is 1. The molecule has 0 aliphatic heterocycles. The van der Waals surface area contributed by atoms with Crippen LogP contribution < -0.4 is 15.6 Å². The van der Waals surface area contributed by atoms with Crippen LogP contribution in [0, 0.1) is 5.92 Å². The monoisotopic (exact) mass is 446 g/mol. The van der Waals surface area contributed by atoms with Crippen molar-refractivity contribution in [3.05, 3.63) is 58.0 Å². The number of nitrogens with zero attached hydrogens (tertiary/aromatic N) is 2. The van der Waals surface area contributed by atoms with Gasteiger partial charge in [0.2, 0.25) is 0 Å². The number of carbonyl (C=O) groups excluding carboxylic acids is 1. The van der Waals surface area contributed by atoms with Gasteiger partial charge in [0, 0.05) is 12.7 Å². The highest BCUT2D eigenvalue weighted by Crippen LogP contribution is 2.23. The SMILES string of the molecule is O=C(NCC1CCCCC1)c1ccc2ncc(NS(=O)(=O)c3cccs3)c(=O)n2c1. The molecule has 8 nitrogen and oxygen atoms in total. The molecular weight excluding hydrogens is 424 g/mol. The molecule has 3 aromatic rings. The molecule has 0 radical (unpaired) electrons. The van der Waals surface area contributed by atoms with Crippen molar-refractivity contribution in [1.82, 2.24) is 14.7 Å². The maximum absolute atomic E-state index is 12.8. The van der Waals surface area contributed by atoms with Gasteiger partial charge in [-0.3, -0.25) is 18.7 Å². The van der Waals surface area contributed by atoms with E-state index in [2.05, 4.69) is 15.0 Å². The molecule has 1 fully saturated rings. The van der Waals surface area contributed by atoms with Crippen LogP contribution in [-0.2, 0) is 10.0 Å². The van der Waals surface area contributed by atoms with Crippen LogP contribution in [0.5, 0.6) is 0 Å². The predicted molar refractivity (Wildman–Crippen MR) is 115 cm³/mol. The van der Waals surface area contributed by atoms with Crippen LogP contribution >= 0.6 is 11.3 Å². The lowest BCUT2D eigenvalue weighted by molar-refractivity contribution is 0.0943. The third kappa shape index (κ3) is 4.39. The summed E-state index contributed by atoms with van der Waals surface area (Å²) in [5, 5.41) is 4.58. The molecule has 0 atom stereocenters.